The molecule has 0 fully saturated rings. The van der Waals surface area contributed by atoms with E-state index in [2.05, 4.69) is 0 Å². The van der Waals surface area contributed by atoms with Crippen molar-refractivity contribution in [3.63, 3.8) is 0 Å². The van der Waals surface area contributed by atoms with Crippen molar-refractivity contribution >= 4 is 5.97 Å². The molecule has 0 atom stereocenters. The van der Waals surface area contributed by atoms with Gasteiger partial charge in [0.25, 0.3) is 0 Å². The molecular formula is C11H19NO4. The number of nitrogens with zero attached hydrogens (tertiary/aromatic N) is 1. The standard InChI is InChI=1S/C11H19NO4/c1-11(2,3)16-10(13)8-6-4-5-7-9-12(14)15/h6,8H,4-5,7,9H2,1-3H3/b8-6+. The Hall–Kier alpha value is -1.39. The van der Waals surface area contributed by atoms with Crippen LogP contribution >= 0.6 is 0 Å². The minimum Gasteiger partial charge on any atom is -0.457 e. The van der Waals surface area contributed by atoms with Gasteiger partial charge in [0.2, 0.25) is 6.54 Å². The molecule has 0 N–H and O–H groups in total. The van der Waals surface area contributed by atoms with Crippen molar-refractivity contribution in [1.82, 2.24) is 0 Å². The summed E-state index contributed by atoms with van der Waals surface area (Å²) in [6.07, 6.45) is 4.96. The van der Waals surface area contributed by atoms with Gasteiger partial charge in [0.05, 0.1) is 0 Å². The van der Waals surface area contributed by atoms with Crippen LogP contribution in [-0.4, -0.2) is 23.0 Å². The maximum atomic E-state index is 11.2. The zero-order valence-electron chi connectivity index (χ0n) is 10.1. The van der Waals surface area contributed by atoms with Crippen LogP contribution in [0.1, 0.15) is 40.0 Å². The third-order valence-corrected chi connectivity index (χ3v) is 1.62. The Morgan fingerprint density at radius 1 is 1.38 bits per heavy atom. The minimum atomic E-state index is -0.479. The number of hydrogen-bond acceptors (Lipinski definition) is 4. The maximum Gasteiger partial charge on any atom is 0.330 e. The molecule has 0 bridgehead atoms. The van der Waals surface area contributed by atoms with Crippen LogP contribution in [0.25, 0.3) is 0 Å². The van der Waals surface area contributed by atoms with E-state index in [0.29, 0.717) is 19.3 Å². The fraction of sp³-hybridized carbons (Fsp3) is 0.727. The lowest BCUT2D eigenvalue weighted by Crippen LogP contribution is -2.22. The first kappa shape index (κ1) is 14.6. The summed E-state index contributed by atoms with van der Waals surface area (Å²) in [5.74, 6) is -0.373. The monoisotopic (exact) mass is 229 g/mol. The quantitative estimate of drug-likeness (QED) is 0.230. The van der Waals surface area contributed by atoms with Gasteiger partial charge in [0.1, 0.15) is 5.60 Å². The van der Waals surface area contributed by atoms with E-state index in [1.807, 2.05) is 0 Å². The molecule has 0 rings (SSSR count). The van der Waals surface area contributed by atoms with Crippen molar-refractivity contribution in [3.8, 4) is 0 Å². The predicted molar refractivity (Wildman–Crippen MR) is 60.7 cm³/mol. The number of carbonyl (C=O) groups excluding carboxylic acids is 1. The van der Waals surface area contributed by atoms with Crippen LogP contribution in [0.4, 0.5) is 0 Å². The number of hydrogen-bond donors (Lipinski definition) is 0. The molecule has 0 aliphatic heterocycles. The molecule has 0 saturated heterocycles. The summed E-state index contributed by atoms with van der Waals surface area (Å²) >= 11 is 0. The second-order valence-corrected chi connectivity index (χ2v) is 4.49. The molecule has 0 aliphatic carbocycles. The predicted octanol–water partition coefficient (Wildman–Crippen LogP) is 2.33. The average molecular weight is 229 g/mol. The lowest BCUT2D eigenvalue weighted by Gasteiger charge is -2.17. The van der Waals surface area contributed by atoms with Gasteiger partial charge < -0.3 is 4.74 Å². The molecule has 0 heterocycles. The second kappa shape index (κ2) is 6.98. The Morgan fingerprint density at radius 2 is 2.00 bits per heavy atom. The smallest absolute Gasteiger partial charge is 0.330 e. The van der Waals surface area contributed by atoms with Crippen molar-refractivity contribution in [2.45, 2.75) is 45.6 Å². The largest absolute Gasteiger partial charge is 0.457 e. The third-order valence-electron chi connectivity index (χ3n) is 1.62. The first-order chi connectivity index (χ1) is 7.31. The molecule has 0 aromatic rings. The van der Waals surface area contributed by atoms with E-state index in [1.54, 1.807) is 26.8 Å². The summed E-state index contributed by atoms with van der Waals surface area (Å²) in [5.41, 5.74) is -0.479. The van der Waals surface area contributed by atoms with Crippen molar-refractivity contribution in [2.24, 2.45) is 0 Å². The Kier molecular flexibility index (Phi) is 6.37. The van der Waals surface area contributed by atoms with E-state index in [-0.39, 0.29) is 17.4 Å². The zero-order valence-corrected chi connectivity index (χ0v) is 10.1. The molecule has 92 valence electrons. The number of unbranched alkanes of at least 4 members (excludes halogenated alkanes) is 2. The van der Waals surface area contributed by atoms with Gasteiger partial charge in [-0.3, -0.25) is 10.1 Å². The summed E-state index contributed by atoms with van der Waals surface area (Å²) in [6, 6.07) is 0. The van der Waals surface area contributed by atoms with Gasteiger partial charge in [-0.2, -0.15) is 0 Å². The normalized spacial score (nSPS) is 11.7. The summed E-state index contributed by atoms with van der Waals surface area (Å²) in [6.45, 7) is 5.39. The van der Waals surface area contributed by atoms with Gasteiger partial charge in [-0.1, -0.05) is 6.08 Å². The van der Waals surface area contributed by atoms with Gasteiger partial charge in [0.15, 0.2) is 0 Å². The van der Waals surface area contributed by atoms with E-state index in [0.717, 1.165) is 0 Å². The third kappa shape index (κ3) is 10.7. The van der Waals surface area contributed by atoms with Crippen molar-refractivity contribution in [3.05, 3.63) is 22.3 Å². The van der Waals surface area contributed by atoms with Gasteiger partial charge in [-0.05, 0) is 33.6 Å². The van der Waals surface area contributed by atoms with Crippen LogP contribution < -0.4 is 0 Å². The average Bonchev–Trinajstić information content (AvgIpc) is 2.07. The highest BCUT2D eigenvalue weighted by Crippen LogP contribution is 2.07. The van der Waals surface area contributed by atoms with E-state index >= 15 is 0 Å². The van der Waals surface area contributed by atoms with Crippen molar-refractivity contribution in [2.75, 3.05) is 6.54 Å². The fourth-order valence-electron chi connectivity index (χ4n) is 1.02. The fourth-order valence-corrected chi connectivity index (χ4v) is 1.02. The molecular weight excluding hydrogens is 210 g/mol. The molecule has 0 amide bonds. The lowest BCUT2D eigenvalue weighted by molar-refractivity contribution is -0.480. The molecule has 0 radical (unpaired) electrons. The van der Waals surface area contributed by atoms with E-state index < -0.39 is 5.60 Å². The highest BCUT2D eigenvalue weighted by Gasteiger charge is 2.13. The Labute approximate surface area is 95.6 Å². The van der Waals surface area contributed by atoms with Gasteiger partial charge in [0, 0.05) is 17.4 Å². The first-order valence-electron chi connectivity index (χ1n) is 5.32. The molecule has 16 heavy (non-hydrogen) atoms. The summed E-state index contributed by atoms with van der Waals surface area (Å²) in [4.78, 5) is 20.9. The topological polar surface area (TPSA) is 69.4 Å². The molecule has 0 aromatic heterocycles. The summed E-state index contributed by atoms with van der Waals surface area (Å²) in [5, 5.41) is 10.0. The molecule has 5 heteroatoms. The Balaban J connectivity index is 3.61. The maximum absolute atomic E-state index is 11.2. The lowest BCUT2D eigenvalue weighted by atomic mass is 10.2. The zero-order chi connectivity index (χ0) is 12.6. The van der Waals surface area contributed by atoms with Crippen molar-refractivity contribution < 1.29 is 14.5 Å². The number of ether oxygens (including phenoxy) is 1. The number of nitro groups is 1. The van der Waals surface area contributed by atoms with Crippen molar-refractivity contribution in [1.29, 1.82) is 0 Å². The molecule has 0 unspecified atom stereocenters. The highest BCUT2D eigenvalue weighted by atomic mass is 16.6. The molecule has 0 aliphatic rings. The molecule has 0 saturated carbocycles. The van der Waals surface area contributed by atoms with Gasteiger partial charge in [-0.15, -0.1) is 0 Å². The number of esters is 1. The van der Waals surface area contributed by atoms with Crippen LogP contribution in [0.5, 0.6) is 0 Å². The summed E-state index contributed by atoms with van der Waals surface area (Å²) < 4.78 is 5.05. The van der Waals surface area contributed by atoms with Crippen LogP contribution in [0.2, 0.25) is 0 Å². The Morgan fingerprint density at radius 3 is 2.50 bits per heavy atom. The van der Waals surface area contributed by atoms with Crippen LogP contribution in [-0.2, 0) is 9.53 Å². The van der Waals surface area contributed by atoms with Gasteiger partial charge in [-0.25, -0.2) is 4.79 Å². The summed E-state index contributed by atoms with van der Waals surface area (Å²) in [7, 11) is 0. The number of carbonyl (C=O) groups is 1. The van der Waals surface area contributed by atoms with Crippen LogP contribution in [0.15, 0.2) is 12.2 Å². The van der Waals surface area contributed by atoms with E-state index in [9.17, 15) is 14.9 Å². The second-order valence-electron chi connectivity index (χ2n) is 4.49. The molecule has 0 aromatic carbocycles. The van der Waals surface area contributed by atoms with E-state index in [4.69, 9.17) is 4.74 Å². The van der Waals surface area contributed by atoms with Gasteiger partial charge >= 0.3 is 5.97 Å². The first-order valence-corrected chi connectivity index (χ1v) is 5.32. The van der Waals surface area contributed by atoms with Crippen LogP contribution in [0.3, 0.4) is 0 Å². The molecule has 5 nitrogen and oxygen atoms in total. The number of rotatable bonds is 6. The highest BCUT2D eigenvalue weighted by molar-refractivity contribution is 5.82. The minimum absolute atomic E-state index is 0.0136. The van der Waals surface area contributed by atoms with E-state index in [1.165, 1.54) is 6.08 Å². The molecule has 0 spiro atoms. The SMILES string of the molecule is CC(C)(C)OC(=O)/C=C/CCCC[N+](=O)[O-]. The van der Waals surface area contributed by atoms with Crippen LogP contribution in [0, 0.1) is 10.1 Å². The number of allylic oxidation sites excluding steroid dienone is 1. The Bertz CT molecular complexity index is 266.